The maximum Gasteiger partial charge on any atom is 0.0914 e. The lowest BCUT2D eigenvalue weighted by Crippen LogP contribution is -2.21. The molecule has 2 rings (SSSR count). The van der Waals surface area contributed by atoms with Gasteiger partial charge in [0.15, 0.2) is 0 Å². The zero-order valence-electron chi connectivity index (χ0n) is 10.5. The smallest absolute Gasteiger partial charge is 0.0914 e. The van der Waals surface area contributed by atoms with E-state index >= 15 is 0 Å². The van der Waals surface area contributed by atoms with Crippen molar-refractivity contribution in [1.29, 1.82) is 0 Å². The van der Waals surface area contributed by atoms with Crippen molar-refractivity contribution in [2.45, 2.75) is 19.6 Å². The lowest BCUT2D eigenvalue weighted by atomic mass is 10.1. The molecular formula is C15H18N2O. The van der Waals surface area contributed by atoms with Crippen molar-refractivity contribution in [3.8, 4) is 0 Å². The van der Waals surface area contributed by atoms with E-state index in [2.05, 4.69) is 10.3 Å². The SMILES string of the molecule is Cc1ccc(CNCC(O)c2ccccc2)cn1. The molecule has 18 heavy (non-hydrogen) atoms. The lowest BCUT2D eigenvalue weighted by Gasteiger charge is -2.12. The van der Waals surface area contributed by atoms with E-state index in [0.717, 1.165) is 23.4 Å². The Bertz CT molecular complexity index is 468. The van der Waals surface area contributed by atoms with Crippen molar-refractivity contribution in [3.05, 3.63) is 65.5 Å². The molecule has 0 radical (unpaired) electrons. The van der Waals surface area contributed by atoms with Crippen LogP contribution in [0.15, 0.2) is 48.7 Å². The van der Waals surface area contributed by atoms with Crippen LogP contribution in [0.5, 0.6) is 0 Å². The molecule has 0 fully saturated rings. The topological polar surface area (TPSA) is 45.1 Å². The predicted molar refractivity (Wildman–Crippen MR) is 72.1 cm³/mol. The predicted octanol–water partition coefficient (Wildman–Crippen LogP) is 2.21. The third kappa shape index (κ3) is 3.65. The van der Waals surface area contributed by atoms with Crippen molar-refractivity contribution in [2.75, 3.05) is 6.54 Å². The first kappa shape index (κ1) is 12.7. The minimum atomic E-state index is -0.468. The summed E-state index contributed by atoms with van der Waals surface area (Å²) in [4.78, 5) is 4.23. The highest BCUT2D eigenvalue weighted by atomic mass is 16.3. The van der Waals surface area contributed by atoms with E-state index in [-0.39, 0.29) is 0 Å². The number of nitrogens with one attached hydrogen (secondary N) is 1. The van der Waals surface area contributed by atoms with Crippen molar-refractivity contribution < 1.29 is 5.11 Å². The van der Waals surface area contributed by atoms with Gasteiger partial charge in [0.05, 0.1) is 6.10 Å². The van der Waals surface area contributed by atoms with Crippen molar-refractivity contribution in [1.82, 2.24) is 10.3 Å². The van der Waals surface area contributed by atoms with Crippen molar-refractivity contribution >= 4 is 0 Å². The molecule has 3 nitrogen and oxygen atoms in total. The molecular weight excluding hydrogens is 224 g/mol. The summed E-state index contributed by atoms with van der Waals surface area (Å²) >= 11 is 0. The van der Waals surface area contributed by atoms with Crippen LogP contribution in [0.1, 0.15) is 22.9 Å². The van der Waals surface area contributed by atoms with Gasteiger partial charge >= 0.3 is 0 Å². The second kappa shape index (κ2) is 6.28. The molecule has 0 saturated carbocycles. The van der Waals surface area contributed by atoms with Crippen molar-refractivity contribution in [3.63, 3.8) is 0 Å². The summed E-state index contributed by atoms with van der Waals surface area (Å²) in [6.07, 6.45) is 1.39. The van der Waals surface area contributed by atoms with Gasteiger partial charge in [0, 0.05) is 25.0 Å². The largest absolute Gasteiger partial charge is 0.387 e. The summed E-state index contributed by atoms with van der Waals surface area (Å²) in [6, 6.07) is 13.7. The molecule has 2 N–H and O–H groups in total. The van der Waals surface area contributed by atoms with Crippen LogP contribution in [0.2, 0.25) is 0 Å². The molecule has 0 saturated heterocycles. The maximum atomic E-state index is 9.96. The van der Waals surface area contributed by atoms with E-state index in [0.29, 0.717) is 6.54 Å². The van der Waals surface area contributed by atoms with Crippen LogP contribution in [-0.2, 0) is 6.54 Å². The first-order chi connectivity index (χ1) is 8.75. The van der Waals surface area contributed by atoms with Crippen molar-refractivity contribution in [2.24, 2.45) is 0 Å². The Morgan fingerprint density at radius 3 is 2.61 bits per heavy atom. The second-order valence-corrected chi connectivity index (χ2v) is 4.37. The van der Waals surface area contributed by atoms with Crippen LogP contribution in [0.4, 0.5) is 0 Å². The summed E-state index contributed by atoms with van der Waals surface area (Å²) in [7, 11) is 0. The van der Waals surface area contributed by atoms with Crippen LogP contribution in [0.3, 0.4) is 0 Å². The first-order valence-electron chi connectivity index (χ1n) is 6.11. The standard InChI is InChI=1S/C15H18N2O/c1-12-7-8-13(10-17-12)9-16-11-15(18)14-5-3-2-4-6-14/h2-8,10,15-16,18H,9,11H2,1H3. The third-order valence-electron chi connectivity index (χ3n) is 2.82. The molecule has 3 heteroatoms. The lowest BCUT2D eigenvalue weighted by molar-refractivity contribution is 0.174. The molecule has 1 aromatic carbocycles. The Labute approximate surface area is 108 Å². The number of rotatable bonds is 5. The molecule has 1 atom stereocenters. The number of aliphatic hydroxyl groups is 1. The average molecular weight is 242 g/mol. The summed E-state index contributed by atoms with van der Waals surface area (Å²) in [5, 5.41) is 13.2. The van der Waals surface area contributed by atoms with Gasteiger partial charge in [0.1, 0.15) is 0 Å². The van der Waals surface area contributed by atoms with Gasteiger partial charge in [-0.1, -0.05) is 36.4 Å². The molecule has 1 unspecified atom stereocenters. The van der Waals surface area contributed by atoms with Gasteiger partial charge < -0.3 is 10.4 Å². The van der Waals surface area contributed by atoms with Crippen LogP contribution in [-0.4, -0.2) is 16.6 Å². The van der Waals surface area contributed by atoms with Crippen LogP contribution in [0, 0.1) is 6.92 Å². The normalized spacial score (nSPS) is 12.3. The van der Waals surface area contributed by atoms with E-state index in [4.69, 9.17) is 0 Å². The summed E-state index contributed by atoms with van der Waals surface area (Å²) in [5.74, 6) is 0. The highest BCUT2D eigenvalue weighted by Gasteiger charge is 2.05. The molecule has 0 aliphatic rings. The monoisotopic (exact) mass is 242 g/mol. The van der Waals surface area contributed by atoms with Gasteiger partial charge in [-0.15, -0.1) is 0 Å². The first-order valence-corrected chi connectivity index (χ1v) is 6.11. The Hall–Kier alpha value is -1.71. The second-order valence-electron chi connectivity index (χ2n) is 4.37. The van der Waals surface area contributed by atoms with Gasteiger partial charge in [-0.2, -0.15) is 0 Å². The Morgan fingerprint density at radius 2 is 1.94 bits per heavy atom. The Kier molecular flexibility index (Phi) is 4.45. The highest BCUT2D eigenvalue weighted by molar-refractivity contribution is 5.18. The quantitative estimate of drug-likeness (QED) is 0.845. The minimum absolute atomic E-state index is 0.468. The van der Waals surface area contributed by atoms with Gasteiger partial charge in [-0.3, -0.25) is 4.98 Å². The van der Waals surface area contributed by atoms with E-state index in [1.165, 1.54) is 0 Å². The van der Waals surface area contributed by atoms with E-state index in [1.807, 2.05) is 55.6 Å². The van der Waals surface area contributed by atoms with Gasteiger partial charge in [-0.25, -0.2) is 0 Å². The highest BCUT2D eigenvalue weighted by Crippen LogP contribution is 2.10. The zero-order chi connectivity index (χ0) is 12.8. The molecule has 2 aromatic rings. The van der Waals surface area contributed by atoms with E-state index in [9.17, 15) is 5.11 Å². The maximum absolute atomic E-state index is 9.96. The summed E-state index contributed by atoms with van der Waals surface area (Å²) in [5.41, 5.74) is 3.08. The number of aryl methyl sites for hydroxylation is 1. The van der Waals surface area contributed by atoms with Crippen LogP contribution < -0.4 is 5.32 Å². The molecule has 0 bridgehead atoms. The molecule has 94 valence electrons. The number of aromatic nitrogens is 1. The molecule has 1 aromatic heterocycles. The minimum Gasteiger partial charge on any atom is -0.387 e. The number of hydrogen-bond donors (Lipinski definition) is 2. The summed E-state index contributed by atoms with van der Waals surface area (Å²) < 4.78 is 0. The van der Waals surface area contributed by atoms with E-state index < -0.39 is 6.10 Å². The molecule has 1 heterocycles. The fourth-order valence-electron chi connectivity index (χ4n) is 1.75. The zero-order valence-corrected chi connectivity index (χ0v) is 10.5. The summed E-state index contributed by atoms with van der Waals surface area (Å²) in [6.45, 7) is 3.23. The number of pyridine rings is 1. The Balaban J connectivity index is 1.80. The molecule has 0 spiro atoms. The Morgan fingerprint density at radius 1 is 1.17 bits per heavy atom. The fourth-order valence-corrected chi connectivity index (χ4v) is 1.75. The third-order valence-corrected chi connectivity index (χ3v) is 2.82. The number of benzene rings is 1. The van der Waals surface area contributed by atoms with Crippen LogP contribution >= 0.6 is 0 Å². The van der Waals surface area contributed by atoms with Gasteiger partial charge in [0.25, 0.3) is 0 Å². The molecule has 0 aliphatic heterocycles. The molecule has 0 amide bonds. The number of aliphatic hydroxyl groups excluding tert-OH is 1. The van der Waals surface area contributed by atoms with Crippen LogP contribution in [0.25, 0.3) is 0 Å². The molecule has 0 aliphatic carbocycles. The van der Waals surface area contributed by atoms with Gasteiger partial charge in [0.2, 0.25) is 0 Å². The van der Waals surface area contributed by atoms with E-state index in [1.54, 1.807) is 0 Å². The average Bonchev–Trinajstić information content (AvgIpc) is 2.42. The van der Waals surface area contributed by atoms with Gasteiger partial charge in [-0.05, 0) is 24.1 Å². The number of hydrogen-bond acceptors (Lipinski definition) is 3. The number of nitrogens with zero attached hydrogens (tertiary/aromatic N) is 1. The fraction of sp³-hybridized carbons (Fsp3) is 0.267.